The predicted octanol–water partition coefficient (Wildman–Crippen LogP) is 8.64. The fraction of sp³-hybridized carbons (Fsp3) is 0.509. The number of aromatic amines is 1. The molecule has 17 nitrogen and oxygen atoms in total. The molecule has 2 aromatic heterocycles. The van der Waals surface area contributed by atoms with Crippen molar-refractivity contribution >= 4 is 44.0 Å². The molecular formula is C53H63N7O10S. The number of nitrogens with one attached hydrogen (secondary N) is 3. The number of benzene rings is 3. The number of carbonyl (C=O) groups excluding carboxylic acids is 1. The van der Waals surface area contributed by atoms with E-state index in [2.05, 4.69) is 67.9 Å². The van der Waals surface area contributed by atoms with Crippen LogP contribution in [0.5, 0.6) is 23.1 Å². The van der Waals surface area contributed by atoms with Gasteiger partial charge in [0.1, 0.15) is 24.1 Å². The molecule has 3 aromatic carbocycles. The molecule has 2 saturated carbocycles. The molecule has 3 saturated heterocycles. The molecule has 5 fully saturated rings. The zero-order valence-corrected chi connectivity index (χ0v) is 41.3. The summed E-state index contributed by atoms with van der Waals surface area (Å²) in [6.45, 7) is 11.0. The van der Waals surface area contributed by atoms with Crippen LogP contribution in [0, 0.1) is 21.4 Å². The lowest BCUT2D eigenvalue weighted by Gasteiger charge is -2.57. The molecule has 1 spiro atoms. The molecule has 11 rings (SSSR count). The van der Waals surface area contributed by atoms with E-state index in [1.807, 2.05) is 6.07 Å². The third-order valence-corrected chi connectivity index (χ3v) is 17.5. The molecule has 3 atom stereocenters. The summed E-state index contributed by atoms with van der Waals surface area (Å²) in [6.07, 6.45) is 9.80. The van der Waals surface area contributed by atoms with Crippen molar-refractivity contribution in [1.29, 1.82) is 0 Å². The van der Waals surface area contributed by atoms with E-state index in [9.17, 15) is 28.4 Å². The van der Waals surface area contributed by atoms with Gasteiger partial charge in [-0.25, -0.2) is 13.1 Å². The molecule has 18 heteroatoms. The van der Waals surface area contributed by atoms with Gasteiger partial charge >= 0.3 is 0 Å². The lowest BCUT2D eigenvalue weighted by Crippen LogP contribution is -2.63. The van der Waals surface area contributed by atoms with Gasteiger partial charge in [-0.1, -0.05) is 44.5 Å². The van der Waals surface area contributed by atoms with Crippen LogP contribution < -0.4 is 29.1 Å². The number of pyridine rings is 1. The van der Waals surface area contributed by atoms with Crippen LogP contribution in [0.3, 0.4) is 0 Å². The Morgan fingerprint density at radius 2 is 1.75 bits per heavy atom. The molecule has 0 bridgehead atoms. The quantitative estimate of drug-likeness (QED) is 0.0643. The second-order valence-corrected chi connectivity index (χ2v) is 23.1. The zero-order valence-electron chi connectivity index (χ0n) is 40.5. The van der Waals surface area contributed by atoms with Crippen LogP contribution >= 0.6 is 0 Å². The first-order valence-electron chi connectivity index (χ1n) is 25.2. The number of likely N-dealkylation sites (tertiary alicyclic amines) is 1. The second kappa shape index (κ2) is 18.6. The minimum absolute atomic E-state index is 0.00967. The van der Waals surface area contributed by atoms with Gasteiger partial charge in [0.25, 0.3) is 27.5 Å². The van der Waals surface area contributed by atoms with E-state index in [-0.39, 0.29) is 64.5 Å². The van der Waals surface area contributed by atoms with Crippen molar-refractivity contribution in [3.05, 3.63) is 99.7 Å². The summed E-state index contributed by atoms with van der Waals surface area (Å²) in [5.41, 5.74) is 3.33. The highest BCUT2D eigenvalue weighted by molar-refractivity contribution is 7.90. The first kappa shape index (κ1) is 47.4. The van der Waals surface area contributed by atoms with Gasteiger partial charge in [0.05, 0.1) is 40.2 Å². The maximum Gasteiger partial charge on any atom is 0.297 e. The lowest BCUT2D eigenvalue weighted by molar-refractivity contribution is -0.384. The number of aromatic nitrogens is 2. The van der Waals surface area contributed by atoms with Gasteiger partial charge in [-0.05, 0) is 117 Å². The Bertz CT molecular complexity index is 2950. The Kier molecular flexibility index (Phi) is 12.4. The minimum atomic E-state index is -4.72. The number of sulfonamides is 1. The van der Waals surface area contributed by atoms with Crippen molar-refractivity contribution < 1.29 is 42.2 Å². The number of piperidine rings is 1. The molecular weight excluding hydrogens is 927 g/mol. The fourth-order valence-electron chi connectivity index (χ4n) is 12.1. The van der Waals surface area contributed by atoms with E-state index in [1.54, 1.807) is 37.4 Å². The Morgan fingerprint density at radius 1 is 0.972 bits per heavy atom. The van der Waals surface area contributed by atoms with Gasteiger partial charge in [-0.2, -0.15) is 4.98 Å². The summed E-state index contributed by atoms with van der Waals surface area (Å²) < 4.78 is 54.6. The van der Waals surface area contributed by atoms with Gasteiger partial charge in [-0.3, -0.25) is 19.8 Å². The number of fused-ring (bicyclic) bond motifs is 2. The fourth-order valence-corrected chi connectivity index (χ4v) is 13.1. The zero-order chi connectivity index (χ0) is 49.2. The van der Waals surface area contributed by atoms with Crippen LogP contribution in [0.4, 0.5) is 17.1 Å². The SMILES string of the molecule is CC(C)c1ccccc1[C@H]1CCC[C@H]1N1CC2(CCN(c3ccc(C(=O)NS(=O)(=O)c4cc5c(c([N+](=O)[O-])c4)N[C@@H](C4CCC(C)(O)CC4)CO5)c(Oc4cc5cc[nH]c5nc4OC4COC4)c3)CC2)C1. The van der Waals surface area contributed by atoms with Crippen LogP contribution in [-0.2, 0) is 14.8 Å². The molecule has 71 heavy (non-hydrogen) atoms. The van der Waals surface area contributed by atoms with Crippen LogP contribution in [0.1, 0.15) is 112 Å². The smallest absolute Gasteiger partial charge is 0.297 e. The van der Waals surface area contributed by atoms with Gasteiger partial charge < -0.3 is 39.3 Å². The molecule has 1 amide bonds. The van der Waals surface area contributed by atoms with Gasteiger partial charge in [0.15, 0.2) is 17.2 Å². The summed E-state index contributed by atoms with van der Waals surface area (Å²) in [5.74, 6) is 0.599. The molecule has 6 aliphatic rings. The number of H-pyrrole nitrogens is 1. The summed E-state index contributed by atoms with van der Waals surface area (Å²) in [5, 5.41) is 26.9. The molecule has 0 unspecified atom stereocenters. The number of rotatable bonds is 13. The second-order valence-electron chi connectivity index (χ2n) is 21.5. The Hall–Kier alpha value is -5.95. The van der Waals surface area contributed by atoms with Crippen molar-refractivity contribution in [2.24, 2.45) is 11.3 Å². The van der Waals surface area contributed by atoms with E-state index >= 15 is 0 Å². The predicted molar refractivity (Wildman–Crippen MR) is 267 cm³/mol. The maximum absolute atomic E-state index is 14.4. The summed E-state index contributed by atoms with van der Waals surface area (Å²) in [6, 6.07) is 20.1. The number of aliphatic hydroxyl groups is 1. The highest BCUT2D eigenvalue weighted by atomic mass is 32.2. The first-order valence-corrected chi connectivity index (χ1v) is 26.7. The van der Waals surface area contributed by atoms with Gasteiger partial charge in [-0.15, -0.1) is 0 Å². The van der Waals surface area contributed by atoms with Crippen molar-refractivity contribution in [3.63, 3.8) is 0 Å². The van der Waals surface area contributed by atoms with Crippen LogP contribution in [0.2, 0.25) is 0 Å². The third kappa shape index (κ3) is 9.39. The molecule has 0 radical (unpaired) electrons. The Balaban J connectivity index is 0.837. The summed E-state index contributed by atoms with van der Waals surface area (Å²) in [4.78, 5) is 38.5. The molecule has 2 aliphatic carbocycles. The van der Waals surface area contributed by atoms with E-state index in [0.717, 1.165) is 56.2 Å². The maximum atomic E-state index is 14.4. The van der Waals surface area contributed by atoms with Crippen molar-refractivity contribution in [2.75, 3.05) is 56.2 Å². The number of nitro benzene ring substituents is 1. The highest BCUT2D eigenvalue weighted by Gasteiger charge is 2.49. The van der Waals surface area contributed by atoms with Crippen LogP contribution in [0.15, 0.2) is 77.8 Å². The summed E-state index contributed by atoms with van der Waals surface area (Å²) >= 11 is 0. The standard InChI is InChI=1S/C53H63N7O10S/c1-32(2)38-7-4-5-8-39(38)40-9-6-10-43(40)59-30-53(31-59)18-21-58(22-19-53)35-11-12-41(45(24-35)70-47-23-34-15-20-54-49(34)56-51(47)69-36-27-67-28-36)50(61)57-71(65,66)37-25-44(60(63)64)48-46(26-37)68-29-42(55-48)33-13-16-52(3,62)17-14-33/h4-5,7-8,11-12,15,20,23-26,32-33,36,40,42-43,55,62H,6,9-10,13-14,16-19,21-22,27-31H2,1-3H3,(H,54,56)(H,57,61)/t33?,40-,42-,43-,52?/m1/s1. The third-order valence-electron chi connectivity index (χ3n) is 16.2. The molecule has 6 heterocycles. The largest absolute Gasteiger partial charge is 0.489 e. The molecule has 376 valence electrons. The number of hydrogen-bond donors (Lipinski definition) is 4. The lowest BCUT2D eigenvalue weighted by atomic mass is 9.70. The van der Waals surface area contributed by atoms with Gasteiger partial charge in [0.2, 0.25) is 0 Å². The number of anilines is 2. The number of carbonyl (C=O) groups is 1. The van der Waals surface area contributed by atoms with E-state index in [0.29, 0.717) is 62.4 Å². The summed E-state index contributed by atoms with van der Waals surface area (Å²) in [7, 11) is -4.72. The number of ether oxygens (including phenoxy) is 4. The Labute approximate surface area is 413 Å². The Morgan fingerprint density at radius 3 is 2.48 bits per heavy atom. The normalized spacial score (nSPS) is 25.5. The molecule has 4 N–H and O–H groups in total. The highest BCUT2D eigenvalue weighted by Crippen LogP contribution is 2.50. The number of hydrogen-bond acceptors (Lipinski definition) is 14. The number of amides is 1. The van der Waals surface area contributed by atoms with E-state index in [1.165, 1.54) is 36.5 Å². The average Bonchev–Trinajstić information content (AvgIpc) is 4.01. The average molecular weight is 990 g/mol. The van der Waals surface area contributed by atoms with Crippen LogP contribution in [-0.4, -0.2) is 109 Å². The number of nitrogens with zero attached hydrogens (tertiary/aromatic N) is 4. The van der Waals surface area contributed by atoms with Gasteiger partial charge in [0, 0.05) is 67.7 Å². The first-order chi connectivity index (χ1) is 34.1. The van der Waals surface area contributed by atoms with Crippen molar-refractivity contribution in [3.8, 4) is 23.1 Å². The minimum Gasteiger partial charge on any atom is -0.489 e. The number of nitro groups is 1. The monoisotopic (exact) mass is 989 g/mol. The van der Waals surface area contributed by atoms with E-state index in [4.69, 9.17) is 18.9 Å². The van der Waals surface area contributed by atoms with Crippen molar-refractivity contribution in [2.45, 2.75) is 119 Å². The molecule has 4 aliphatic heterocycles. The van der Waals surface area contributed by atoms with Crippen LogP contribution in [0.25, 0.3) is 11.0 Å². The van der Waals surface area contributed by atoms with E-state index < -0.39 is 37.0 Å². The molecule has 5 aromatic rings. The van der Waals surface area contributed by atoms with Crippen molar-refractivity contribution in [1.82, 2.24) is 19.6 Å². The topological polar surface area (TPSA) is 211 Å².